The maximum Gasteiger partial charge on any atom is 0.410 e. The number of benzene rings is 1. The van der Waals surface area contributed by atoms with E-state index in [0.717, 1.165) is 42.3 Å². The highest BCUT2D eigenvalue weighted by atomic mass is 19.1. The third kappa shape index (κ3) is 7.42. The summed E-state index contributed by atoms with van der Waals surface area (Å²) >= 11 is 0. The van der Waals surface area contributed by atoms with Crippen molar-refractivity contribution in [2.24, 2.45) is 0 Å². The van der Waals surface area contributed by atoms with E-state index in [0.29, 0.717) is 23.7 Å². The van der Waals surface area contributed by atoms with Crippen LogP contribution in [0.3, 0.4) is 0 Å². The number of fused-ring (bicyclic) bond motifs is 1. The molecule has 1 aliphatic heterocycles. The molecule has 2 atom stereocenters. The van der Waals surface area contributed by atoms with Crippen LogP contribution in [-0.4, -0.2) is 62.3 Å². The molecular weight excluding hydrogens is 557 g/mol. The average molecular weight is 596 g/mol. The molecule has 11 nitrogen and oxygen atoms in total. The number of pyridine rings is 1. The molecule has 1 aromatic carbocycles. The minimum atomic E-state index is -1.16. The summed E-state index contributed by atoms with van der Waals surface area (Å²) in [5.41, 5.74) is 1.58. The van der Waals surface area contributed by atoms with Gasteiger partial charge in [-0.1, -0.05) is 6.07 Å². The Hall–Kier alpha value is -4.19. The van der Waals surface area contributed by atoms with Gasteiger partial charge in [-0.15, -0.1) is 0 Å². The number of nitrogens with zero attached hydrogens (tertiary/aromatic N) is 3. The maximum absolute atomic E-state index is 14.5. The second-order valence-electron chi connectivity index (χ2n) is 12.1. The number of nitrogens with one attached hydrogen (secondary N) is 2. The molecule has 1 saturated carbocycles. The topological polar surface area (TPSA) is 139 Å². The van der Waals surface area contributed by atoms with Crippen LogP contribution in [0.5, 0.6) is 5.75 Å². The standard InChI is InChI=1S/C31H38FN5O6/c1-18-27(42-17-35-18)16-41-22-9-8-19-11-25(37(15-20(19)10-22)30(40)43-31(2,3)4)26(38)14-34-29(39)23-12-28(33-13-24(23)32)36-21-6-5-7-21/h8-10,12-13,17,21,25-26,38H,5-7,11,14-16H2,1-4H3,(H,33,36)(H,34,39)/t25?,26-/m1/s1. The van der Waals surface area contributed by atoms with Crippen molar-refractivity contribution in [1.82, 2.24) is 20.2 Å². The molecule has 1 unspecified atom stereocenters. The molecular formula is C31H38FN5O6. The molecule has 5 rings (SSSR count). The van der Waals surface area contributed by atoms with Gasteiger partial charge in [0.2, 0.25) is 0 Å². The van der Waals surface area contributed by atoms with Crippen molar-refractivity contribution < 1.29 is 33.0 Å². The number of oxazole rings is 1. The monoisotopic (exact) mass is 595 g/mol. The molecule has 43 heavy (non-hydrogen) atoms. The van der Waals surface area contributed by atoms with Crippen LogP contribution in [0, 0.1) is 12.7 Å². The Morgan fingerprint density at radius 1 is 1.21 bits per heavy atom. The molecule has 0 radical (unpaired) electrons. The smallest absolute Gasteiger partial charge is 0.410 e. The zero-order valence-electron chi connectivity index (χ0n) is 24.9. The number of anilines is 1. The molecule has 0 spiro atoms. The molecule has 3 N–H and O–H groups in total. The van der Waals surface area contributed by atoms with Crippen molar-refractivity contribution in [2.45, 2.75) is 90.3 Å². The second kappa shape index (κ2) is 12.6. The summed E-state index contributed by atoms with van der Waals surface area (Å²) in [6.07, 6.45) is 4.06. The van der Waals surface area contributed by atoms with Crippen LogP contribution < -0.4 is 15.4 Å². The molecule has 230 valence electrons. The summed E-state index contributed by atoms with van der Waals surface area (Å²) in [7, 11) is 0. The van der Waals surface area contributed by atoms with Crippen LogP contribution >= 0.6 is 0 Å². The van der Waals surface area contributed by atoms with Crippen LogP contribution in [0.25, 0.3) is 0 Å². The van der Waals surface area contributed by atoms with E-state index in [1.54, 1.807) is 20.8 Å². The number of aryl methyl sites for hydroxylation is 1. The summed E-state index contributed by atoms with van der Waals surface area (Å²) in [5, 5.41) is 17.1. The first kappa shape index (κ1) is 30.3. The van der Waals surface area contributed by atoms with E-state index in [9.17, 15) is 19.1 Å². The van der Waals surface area contributed by atoms with E-state index in [4.69, 9.17) is 13.9 Å². The van der Waals surface area contributed by atoms with Crippen molar-refractivity contribution in [3.63, 3.8) is 0 Å². The highest BCUT2D eigenvalue weighted by molar-refractivity contribution is 5.95. The Kier molecular flexibility index (Phi) is 8.86. The Balaban J connectivity index is 1.28. The van der Waals surface area contributed by atoms with Gasteiger partial charge in [-0.05, 0) is 82.7 Å². The van der Waals surface area contributed by atoms with E-state index in [1.807, 2.05) is 25.1 Å². The second-order valence-corrected chi connectivity index (χ2v) is 12.1. The van der Waals surface area contributed by atoms with Crippen LogP contribution in [0.2, 0.25) is 0 Å². The Morgan fingerprint density at radius 2 is 2.00 bits per heavy atom. The number of carbonyl (C=O) groups excluding carboxylic acids is 2. The molecule has 1 fully saturated rings. The first-order valence-corrected chi connectivity index (χ1v) is 14.5. The molecule has 12 heteroatoms. The van der Waals surface area contributed by atoms with Gasteiger partial charge in [0.05, 0.1) is 29.6 Å². The Labute approximate surface area is 249 Å². The van der Waals surface area contributed by atoms with E-state index < -0.39 is 35.6 Å². The normalized spacial score (nSPS) is 17.4. The minimum absolute atomic E-state index is 0.160. The summed E-state index contributed by atoms with van der Waals surface area (Å²) in [5.74, 6) is 0.200. The van der Waals surface area contributed by atoms with E-state index in [-0.39, 0.29) is 31.3 Å². The molecule has 3 aromatic rings. The fourth-order valence-corrected chi connectivity index (χ4v) is 5.03. The lowest BCUT2D eigenvalue weighted by Crippen LogP contribution is -2.54. The molecule has 2 amide bonds. The molecule has 1 aliphatic carbocycles. The molecule has 2 aromatic heterocycles. The first-order valence-electron chi connectivity index (χ1n) is 14.5. The van der Waals surface area contributed by atoms with Crippen molar-refractivity contribution in [3.05, 3.63) is 70.8 Å². The molecule has 3 heterocycles. The SMILES string of the molecule is Cc1ncoc1COc1ccc2c(c1)CN(C(=O)OC(C)(C)C)C([C@H](O)CNC(=O)c1cc(NC3CCC3)ncc1F)C2. The van der Waals surface area contributed by atoms with Crippen molar-refractivity contribution in [1.29, 1.82) is 0 Å². The van der Waals surface area contributed by atoms with E-state index in [2.05, 4.69) is 20.6 Å². The highest BCUT2D eigenvalue weighted by Gasteiger charge is 2.37. The van der Waals surface area contributed by atoms with Crippen LogP contribution in [0.15, 0.2) is 41.3 Å². The van der Waals surface area contributed by atoms with Gasteiger partial charge >= 0.3 is 6.09 Å². The van der Waals surface area contributed by atoms with Gasteiger partial charge in [-0.2, -0.15) is 0 Å². The van der Waals surface area contributed by atoms with Gasteiger partial charge in [0, 0.05) is 19.1 Å². The highest BCUT2D eigenvalue weighted by Crippen LogP contribution is 2.30. The van der Waals surface area contributed by atoms with Gasteiger partial charge in [-0.25, -0.2) is 19.2 Å². The van der Waals surface area contributed by atoms with Crippen LogP contribution in [0.1, 0.15) is 73.0 Å². The van der Waals surface area contributed by atoms with Crippen LogP contribution in [-0.2, 0) is 24.3 Å². The number of aliphatic hydroxyl groups is 1. The minimum Gasteiger partial charge on any atom is -0.486 e. The van der Waals surface area contributed by atoms with Gasteiger partial charge in [-0.3, -0.25) is 9.69 Å². The zero-order valence-corrected chi connectivity index (χ0v) is 24.9. The number of aromatic nitrogens is 2. The van der Waals surface area contributed by atoms with Crippen LogP contribution in [0.4, 0.5) is 15.0 Å². The number of carbonyl (C=O) groups is 2. The number of amides is 2. The van der Waals surface area contributed by atoms with E-state index >= 15 is 0 Å². The molecule has 0 bridgehead atoms. The zero-order chi connectivity index (χ0) is 30.7. The fourth-order valence-electron chi connectivity index (χ4n) is 5.03. The lowest BCUT2D eigenvalue weighted by Gasteiger charge is -2.40. The summed E-state index contributed by atoms with van der Waals surface area (Å²) in [6, 6.07) is 6.51. The Morgan fingerprint density at radius 3 is 2.67 bits per heavy atom. The quantitative estimate of drug-likeness (QED) is 0.326. The van der Waals surface area contributed by atoms with Crippen molar-refractivity contribution >= 4 is 17.8 Å². The Bertz CT molecular complexity index is 1470. The summed E-state index contributed by atoms with van der Waals surface area (Å²) in [4.78, 5) is 35.8. The number of hydrogen-bond acceptors (Lipinski definition) is 9. The van der Waals surface area contributed by atoms with Gasteiger partial charge < -0.3 is 29.6 Å². The number of halogens is 1. The van der Waals surface area contributed by atoms with E-state index in [1.165, 1.54) is 17.4 Å². The number of rotatable bonds is 9. The lowest BCUT2D eigenvalue weighted by atomic mass is 9.91. The third-order valence-electron chi connectivity index (χ3n) is 7.66. The first-order chi connectivity index (χ1) is 20.5. The number of aliphatic hydroxyl groups excluding tert-OH is 1. The fraction of sp³-hybridized carbons (Fsp3) is 0.484. The number of hydrogen-bond donors (Lipinski definition) is 3. The summed E-state index contributed by atoms with van der Waals surface area (Å²) < 4.78 is 31.4. The van der Waals surface area contributed by atoms with Gasteiger partial charge in [0.1, 0.15) is 23.8 Å². The predicted octanol–water partition coefficient (Wildman–Crippen LogP) is 4.51. The van der Waals surface area contributed by atoms with Crippen molar-refractivity contribution in [3.8, 4) is 5.75 Å². The van der Waals surface area contributed by atoms with Crippen molar-refractivity contribution in [2.75, 3.05) is 11.9 Å². The van der Waals surface area contributed by atoms with Gasteiger partial charge in [0.15, 0.2) is 18.0 Å². The third-order valence-corrected chi connectivity index (χ3v) is 7.66. The lowest BCUT2D eigenvalue weighted by molar-refractivity contribution is -0.0113. The molecule has 2 aliphatic rings. The maximum atomic E-state index is 14.5. The molecule has 0 saturated heterocycles. The average Bonchev–Trinajstić information content (AvgIpc) is 3.35. The summed E-state index contributed by atoms with van der Waals surface area (Å²) in [6.45, 7) is 7.30. The number of ether oxygens (including phenoxy) is 2. The predicted molar refractivity (Wildman–Crippen MR) is 155 cm³/mol. The largest absolute Gasteiger partial charge is 0.486 e. The van der Waals surface area contributed by atoms with Gasteiger partial charge in [0.25, 0.3) is 5.91 Å².